The first kappa shape index (κ1) is 14.0. The highest BCUT2D eigenvalue weighted by Gasteiger charge is 2.14. The molecule has 0 aliphatic rings. The Hall–Kier alpha value is -2.02. The van der Waals surface area contributed by atoms with E-state index in [2.05, 4.69) is 0 Å². The normalized spacial score (nSPS) is 11.6. The van der Waals surface area contributed by atoms with Crippen LogP contribution in [0, 0.1) is 17.2 Å². The Labute approximate surface area is 107 Å². The summed E-state index contributed by atoms with van der Waals surface area (Å²) in [7, 11) is 1.62. The third-order valence-electron chi connectivity index (χ3n) is 2.81. The van der Waals surface area contributed by atoms with Crippen LogP contribution in [-0.4, -0.2) is 18.2 Å². The van der Waals surface area contributed by atoms with Gasteiger partial charge in [-0.2, -0.15) is 5.26 Å². The van der Waals surface area contributed by atoms with E-state index in [4.69, 9.17) is 15.1 Å². The molecule has 18 heavy (non-hydrogen) atoms. The van der Waals surface area contributed by atoms with Gasteiger partial charge in [0.2, 0.25) is 0 Å². The lowest BCUT2D eigenvalue weighted by molar-refractivity contribution is -0.137. The molecule has 0 saturated carbocycles. The van der Waals surface area contributed by atoms with Crippen LogP contribution in [0.2, 0.25) is 0 Å². The van der Waals surface area contributed by atoms with E-state index in [-0.39, 0.29) is 6.42 Å². The highest BCUT2D eigenvalue weighted by Crippen LogP contribution is 2.22. The summed E-state index contributed by atoms with van der Waals surface area (Å²) in [5, 5.41) is 17.6. The number of ether oxygens (including phenoxy) is 1. The van der Waals surface area contributed by atoms with E-state index in [0.29, 0.717) is 6.42 Å². The Bertz CT molecular complexity index is 463. The van der Waals surface area contributed by atoms with Gasteiger partial charge in [0.05, 0.1) is 25.5 Å². The molecule has 0 saturated heterocycles. The molecule has 0 aliphatic carbocycles. The van der Waals surface area contributed by atoms with Crippen LogP contribution in [0.25, 0.3) is 0 Å². The molecule has 0 bridgehead atoms. The first-order valence-electron chi connectivity index (χ1n) is 5.87. The highest BCUT2D eigenvalue weighted by atomic mass is 16.5. The second-order valence-corrected chi connectivity index (χ2v) is 4.13. The van der Waals surface area contributed by atoms with Crippen LogP contribution in [0.5, 0.6) is 5.75 Å². The molecule has 0 aromatic heterocycles. The molecule has 1 aromatic carbocycles. The Morgan fingerprint density at radius 1 is 1.56 bits per heavy atom. The molecule has 96 valence electrons. The zero-order chi connectivity index (χ0) is 13.5. The van der Waals surface area contributed by atoms with E-state index in [1.54, 1.807) is 7.11 Å². The molecule has 1 atom stereocenters. The number of carbonyl (C=O) groups is 1. The van der Waals surface area contributed by atoms with Crippen LogP contribution in [0.4, 0.5) is 0 Å². The molecule has 0 amide bonds. The summed E-state index contributed by atoms with van der Waals surface area (Å²) in [6.45, 7) is 2.03. The lowest BCUT2D eigenvalue weighted by atomic mass is 9.96. The number of hydrogen-bond donors (Lipinski definition) is 1. The fourth-order valence-electron chi connectivity index (χ4n) is 1.89. The molecule has 0 radical (unpaired) electrons. The first-order valence-corrected chi connectivity index (χ1v) is 5.87. The van der Waals surface area contributed by atoms with Gasteiger partial charge in [0, 0.05) is 0 Å². The SMILES string of the molecule is CCc1cc(CC(C#N)CC(=O)O)ccc1OC. The monoisotopic (exact) mass is 247 g/mol. The summed E-state index contributed by atoms with van der Waals surface area (Å²) in [5.74, 6) is -0.598. The second-order valence-electron chi connectivity index (χ2n) is 4.13. The quantitative estimate of drug-likeness (QED) is 0.838. The third-order valence-corrected chi connectivity index (χ3v) is 2.81. The molecule has 1 aromatic rings. The van der Waals surface area contributed by atoms with Gasteiger partial charge in [0.1, 0.15) is 5.75 Å². The van der Waals surface area contributed by atoms with E-state index in [0.717, 1.165) is 23.3 Å². The molecular weight excluding hydrogens is 230 g/mol. The van der Waals surface area contributed by atoms with Gasteiger partial charge in [-0.15, -0.1) is 0 Å². The number of nitrogens with zero attached hydrogens (tertiary/aromatic N) is 1. The predicted molar refractivity (Wildman–Crippen MR) is 67.4 cm³/mol. The Kier molecular flexibility index (Phi) is 5.19. The minimum Gasteiger partial charge on any atom is -0.496 e. The van der Waals surface area contributed by atoms with Crippen molar-refractivity contribution < 1.29 is 14.6 Å². The summed E-state index contributed by atoms with van der Waals surface area (Å²) in [4.78, 5) is 10.6. The summed E-state index contributed by atoms with van der Waals surface area (Å²) in [6, 6.07) is 7.76. The van der Waals surface area contributed by atoms with Crippen molar-refractivity contribution in [3.8, 4) is 11.8 Å². The maximum absolute atomic E-state index is 10.6. The Morgan fingerprint density at radius 3 is 2.78 bits per heavy atom. The van der Waals surface area contributed by atoms with Crippen molar-refractivity contribution in [3.05, 3.63) is 29.3 Å². The lowest BCUT2D eigenvalue weighted by Crippen LogP contribution is -2.09. The summed E-state index contributed by atoms with van der Waals surface area (Å²) < 4.78 is 5.23. The number of nitriles is 1. The molecule has 0 heterocycles. The number of hydrogen-bond acceptors (Lipinski definition) is 3. The fraction of sp³-hybridized carbons (Fsp3) is 0.429. The van der Waals surface area contributed by atoms with Gasteiger partial charge in [0.25, 0.3) is 0 Å². The molecule has 0 fully saturated rings. The highest BCUT2D eigenvalue weighted by molar-refractivity contribution is 5.67. The molecule has 1 unspecified atom stereocenters. The molecule has 0 aliphatic heterocycles. The maximum Gasteiger partial charge on any atom is 0.304 e. The van der Waals surface area contributed by atoms with Gasteiger partial charge in [-0.05, 0) is 30.0 Å². The van der Waals surface area contributed by atoms with Crippen LogP contribution in [0.15, 0.2) is 18.2 Å². The first-order chi connectivity index (χ1) is 8.60. The maximum atomic E-state index is 10.6. The molecule has 0 spiro atoms. The molecule has 4 nitrogen and oxygen atoms in total. The largest absolute Gasteiger partial charge is 0.496 e. The van der Waals surface area contributed by atoms with E-state index in [1.807, 2.05) is 31.2 Å². The zero-order valence-electron chi connectivity index (χ0n) is 10.6. The van der Waals surface area contributed by atoms with E-state index >= 15 is 0 Å². The van der Waals surface area contributed by atoms with Gasteiger partial charge >= 0.3 is 5.97 Å². The smallest absolute Gasteiger partial charge is 0.304 e. The second kappa shape index (κ2) is 6.65. The summed E-state index contributed by atoms with van der Waals surface area (Å²) in [6.07, 6.45) is 1.18. The van der Waals surface area contributed by atoms with E-state index < -0.39 is 11.9 Å². The number of carboxylic acid groups (broad SMARTS) is 1. The van der Waals surface area contributed by atoms with E-state index in [1.165, 1.54) is 0 Å². The van der Waals surface area contributed by atoms with Gasteiger partial charge in [0.15, 0.2) is 0 Å². The fourth-order valence-corrected chi connectivity index (χ4v) is 1.89. The molecule has 4 heteroatoms. The van der Waals surface area contributed by atoms with Crippen LogP contribution < -0.4 is 4.74 Å². The van der Waals surface area contributed by atoms with Crippen LogP contribution in [-0.2, 0) is 17.6 Å². The topological polar surface area (TPSA) is 70.3 Å². The predicted octanol–water partition coefficient (Wildman–Crippen LogP) is 2.41. The van der Waals surface area contributed by atoms with Crippen molar-refractivity contribution in [1.29, 1.82) is 5.26 Å². The lowest BCUT2D eigenvalue weighted by Gasteiger charge is -2.11. The van der Waals surface area contributed by atoms with E-state index in [9.17, 15) is 4.79 Å². The average molecular weight is 247 g/mol. The number of benzene rings is 1. The average Bonchev–Trinajstić information content (AvgIpc) is 2.37. The van der Waals surface area contributed by atoms with Crippen molar-refractivity contribution in [2.24, 2.45) is 5.92 Å². The van der Waals surface area contributed by atoms with Crippen LogP contribution in [0.1, 0.15) is 24.5 Å². The molecule has 1 rings (SSSR count). The summed E-state index contributed by atoms with van der Waals surface area (Å²) in [5.41, 5.74) is 2.04. The number of methoxy groups -OCH3 is 1. The van der Waals surface area contributed by atoms with Crippen LogP contribution >= 0.6 is 0 Å². The Morgan fingerprint density at radius 2 is 2.28 bits per heavy atom. The number of rotatable bonds is 6. The van der Waals surface area contributed by atoms with Crippen molar-refractivity contribution in [1.82, 2.24) is 0 Å². The minimum absolute atomic E-state index is 0.121. The van der Waals surface area contributed by atoms with Gasteiger partial charge < -0.3 is 9.84 Å². The summed E-state index contributed by atoms with van der Waals surface area (Å²) >= 11 is 0. The van der Waals surface area contributed by atoms with Crippen molar-refractivity contribution in [2.75, 3.05) is 7.11 Å². The number of aryl methyl sites for hydroxylation is 1. The van der Waals surface area contributed by atoms with Gasteiger partial charge in [-0.25, -0.2) is 0 Å². The van der Waals surface area contributed by atoms with Crippen LogP contribution in [0.3, 0.4) is 0 Å². The molecular formula is C14H17NO3. The minimum atomic E-state index is -0.939. The van der Waals surface area contributed by atoms with Crippen molar-refractivity contribution in [2.45, 2.75) is 26.2 Å². The standard InChI is InChI=1S/C14H17NO3/c1-3-12-7-10(4-5-13(12)18-2)6-11(9-15)8-14(16)17/h4-5,7,11H,3,6,8H2,1-2H3,(H,16,17). The molecule has 1 N–H and O–H groups in total. The van der Waals surface area contributed by atoms with Gasteiger partial charge in [-0.1, -0.05) is 19.1 Å². The number of carboxylic acids is 1. The third kappa shape index (κ3) is 3.77. The van der Waals surface area contributed by atoms with Gasteiger partial charge in [-0.3, -0.25) is 4.79 Å². The van der Waals surface area contributed by atoms with Crippen molar-refractivity contribution in [3.63, 3.8) is 0 Å². The number of aliphatic carboxylic acids is 1. The van der Waals surface area contributed by atoms with Crippen molar-refractivity contribution >= 4 is 5.97 Å². The Balaban J connectivity index is 2.84. The zero-order valence-corrected chi connectivity index (χ0v) is 10.6.